The number of aliphatic imine (C=N–C) groups is 3. The Kier molecular flexibility index (Phi) is 5.37. The zero-order chi connectivity index (χ0) is 20.6. The number of hydrogen-bond acceptors (Lipinski definition) is 6. The summed E-state index contributed by atoms with van der Waals surface area (Å²) >= 11 is 6.13. The monoisotopic (exact) mass is 428 g/mol. The first kappa shape index (κ1) is 19.9. The highest BCUT2D eigenvalue weighted by atomic mass is 35.5. The average molecular weight is 429 g/mol. The molecule has 4 aliphatic heterocycles. The van der Waals surface area contributed by atoms with Crippen molar-refractivity contribution in [3.63, 3.8) is 0 Å². The number of amidine groups is 3. The molecular weight excluding hydrogens is 409 g/mol. The van der Waals surface area contributed by atoms with E-state index in [0.717, 1.165) is 17.8 Å². The third kappa shape index (κ3) is 4.31. The molecule has 0 saturated carbocycles. The topological polar surface area (TPSA) is 81.5 Å². The Labute approximate surface area is 170 Å². The summed E-state index contributed by atoms with van der Waals surface area (Å²) in [5.41, 5.74) is 0.879. The molecule has 0 aliphatic carbocycles. The van der Waals surface area contributed by atoms with Crippen LogP contribution in [0, 0.1) is 5.92 Å². The van der Waals surface area contributed by atoms with Crippen LogP contribution in [0.15, 0.2) is 38.0 Å². The number of carbonyl (C=O) groups excluding carboxylic acids is 1. The van der Waals surface area contributed by atoms with E-state index < -0.39 is 24.7 Å². The molecule has 1 saturated heterocycles. The SMILES string of the molecule is O=C(NCC(F)(F)F)[C@H]1CCCN1C1=NC(C2=CNC3=NC=C(Cl)CC23)=NCC1. The Bertz CT molecular complexity index is 860. The second-order valence-corrected chi connectivity index (χ2v) is 7.74. The third-order valence-electron chi connectivity index (χ3n) is 5.26. The molecule has 156 valence electrons. The van der Waals surface area contributed by atoms with Crippen molar-refractivity contribution >= 4 is 35.0 Å². The lowest BCUT2D eigenvalue weighted by molar-refractivity contribution is -0.140. The number of likely N-dealkylation sites (tertiary alicyclic amines) is 1. The van der Waals surface area contributed by atoms with Gasteiger partial charge in [0, 0.05) is 42.5 Å². The molecule has 0 bridgehead atoms. The van der Waals surface area contributed by atoms with E-state index in [0.29, 0.717) is 49.1 Å². The van der Waals surface area contributed by atoms with Crippen molar-refractivity contribution in [2.45, 2.75) is 37.9 Å². The number of rotatable bonds is 3. The molecule has 4 rings (SSSR count). The normalized spacial score (nSPS) is 26.6. The van der Waals surface area contributed by atoms with E-state index in [1.807, 2.05) is 16.4 Å². The Hall–Kier alpha value is -2.36. The smallest absolute Gasteiger partial charge is 0.349 e. The van der Waals surface area contributed by atoms with E-state index in [1.54, 1.807) is 6.20 Å². The molecule has 1 unspecified atom stereocenters. The standard InChI is InChI=1S/C18H20ClF3N6O/c19-10-6-11-12(8-25-15(11)24-7-10)16-23-4-3-14(27-16)28-5-1-2-13(28)17(29)26-9-18(20,21)22/h7-8,11,13H,1-6,9H2,(H,24,25)(H,26,29)/t11?,13-/m1/s1. The van der Waals surface area contributed by atoms with Gasteiger partial charge < -0.3 is 15.5 Å². The highest BCUT2D eigenvalue weighted by Gasteiger charge is 2.37. The van der Waals surface area contributed by atoms with E-state index in [2.05, 4.69) is 20.3 Å². The molecule has 11 heteroatoms. The summed E-state index contributed by atoms with van der Waals surface area (Å²) in [5, 5.41) is 5.76. The molecule has 1 fully saturated rings. The zero-order valence-corrected chi connectivity index (χ0v) is 16.2. The minimum absolute atomic E-state index is 0.0428. The Morgan fingerprint density at radius 1 is 1.41 bits per heavy atom. The lowest BCUT2D eigenvalue weighted by Gasteiger charge is -2.29. The van der Waals surface area contributed by atoms with Crippen molar-refractivity contribution in [1.82, 2.24) is 15.5 Å². The van der Waals surface area contributed by atoms with Crippen LogP contribution in [-0.2, 0) is 4.79 Å². The molecule has 4 heterocycles. The first-order valence-electron chi connectivity index (χ1n) is 9.44. The van der Waals surface area contributed by atoms with E-state index in [1.165, 1.54) is 0 Å². The quantitative estimate of drug-likeness (QED) is 0.723. The molecule has 4 aliphatic rings. The van der Waals surface area contributed by atoms with Crippen LogP contribution < -0.4 is 10.6 Å². The molecule has 0 radical (unpaired) electrons. The van der Waals surface area contributed by atoms with Gasteiger partial charge in [-0.1, -0.05) is 11.6 Å². The molecule has 0 aromatic rings. The fourth-order valence-electron chi connectivity index (χ4n) is 3.93. The maximum Gasteiger partial charge on any atom is 0.405 e. The lowest BCUT2D eigenvalue weighted by atomic mass is 9.95. The van der Waals surface area contributed by atoms with E-state index in [4.69, 9.17) is 11.6 Å². The van der Waals surface area contributed by atoms with Gasteiger partial charge in [0.15, 0.2) is 5.84 Å². The predicted octanol–water partition coefficient (Wildman–Crippen LogP) is 2.32. The van der Waals surface area contributed by atoms with Crippen LogP contribution in [0.3, 0.4) is 0 Å². The number of fused-ring (bicyclic) bond motifs is 1. The van der Waals surface area contributed by atoms with Gasteiger partial charge in [-0.2, -0.15) is 13.2 Å². The van der Waals surface area contributed by atoms with Gasteiger partial charge >= 0.3 is 6.18 Å². The second kappa shape index (κ2) is 7.81. The van der Waals surface area contributed by atoms with Crippen molar-refractivity contribution in [3.05, 3.63) is 23.0 Å². The van der Waals surface area contributed by atoms with E-state index in [9.17, 15) is 18.0 Å². The molecule has 2 atom stereocenters. The fraction of sp³-hybridized carbons (Fsp3) is 0.556. The molecule has 7 nitrogen and oxygen atoms in total. The average Bonchev–Trinajstić information content (AvgIpc) is 3.32. The zero-order valence-electron chi connectivity index (χ0n) is 15.5. The number of halogens is 4. The van der Waals surface area contributed by atoms with Gasteiger partial charge in [0.1, 0.15) is 24.3 Å². The summed E-state index contributed by atoms with van der Waals surface area (Å²) in [6.45, 7) is -0.244. The van der Waals surface area contributed by atoms with E-state index in [-0.39, 0.29) is 5.92 Å². The van der Waals surface area contributed by atoms with Crippen LogP contribution >= 0.6 is 11.6 Å². The molecule has 29 heavy (non-hydrogen) atoms. The van der Waals surface area contributed by atoms with Crippen LogP contribution in [0.5, 0.6) is 0 Å². The molecule has 1 amide bonds. The summed E-state index contributed by atoms with van der Waals surface area (Å²) in [6, 6.07) is -0.643. The van der Waals surface area contributed by atoms with Gasteiger partial charge in [0.05, 0.1) is 5.92 Å². The van der Waals surface area contributed by atoms with Gasteiger partial charge in [-0.3, -0.25) is 9.79 Å². The Morgan fingerprint density at radius 2 is 2.24 bits per heavy atom. The highest BCUT2D eigenvalue weighted by Crippen LogP contribution is 2.32. The van der Waals surface area contributed by atoms with Crippen LogP contribution in [0.1, 0.15) is 25.7 Å². The number of carbonyl (C=O) groups is 1. The summed E-state index contributed by atoms with van der Waals surface area (Å²) in [6.07, 6.45) is 1.37. The molecular formula is C18H20ClF3N6O. The lowest BCUT2D eigenvalue weighted by Crippen LogP contribution is -2.48. The summed E-state index contributed by atoms with van der Waals surface area (Å²) < 4.78 is 37.3. The van der Waals surface area contributed by atoms with Crippen LogP contribution in [0.2, 0.25) is 0 Å². The maximum atomic E-state index is 12.4. The molecule has 0 spiro atoms. The van der Waals surface area contributed by atoms with Gasteiger partial charge in [-0.15, -0.1) is 0 Å². The van der Waals surface area contributed by atoms with Gasteiger partial charge in [0.2, 0.25) is 5.91 Å². The van der Waals surface area contributed by atoms with Crippen molar-refractivity contribution < 1.29 is 18.0 Å². The van der Waals surface area contributed by atoms with Crippen LogP contribution in [0.25, 0.3) is 0 Å². The third-order valence-corrected chi connectivity index (χ3v) is 5.52. The van der Waals surface area contributed by atoms with Crippen molar-refractivity contribution in [3.8, 4) is 0 Å². The Morgan fingerprint density at radius 3 is 3.03 bits per heavy atom. The van der Waals surface area contributed by atoms with Crippen LogP contribution in [-0.4, -0.2) is 60.2 Å². The number of allylic oxidation sites excluding steroid dienone is 1. The van der Waals surface area contributed by atoms with Gasteiger partial charge in [-0.25, -0.2) is 9.98 Å². The Balaban J connectivity index is 1.48. The first-order chi connectivity index (χ1) is 13.8. The largest absolute Gasteiger partial charge is 0.405 e. The maximum absolute atomic E-state index is 12.4. The molecule has 0 aromatic carbocycles. The number of hydrogen-bond donors (Lipinski definition) is 2. The van der Waals surface area contributed by atoms with Crippen molar-refractivity contribution in [2.24, 2.45) is 20.9 Å². The first-order valence-corrected chi connectivity index (χ1v) is 9.82. The van der Waals surface area contributed by atoms with E-state index >= 15 is 0 Å². The molecule has 2 N–H and O–H groups in total. The van der Waals surface area contributed by atoms with Crippen molar-refractivity contribution in [2.75, 3.05) is 19.6 Å². The molecule has 0 aromatic heterocycles. The minimum atomic E-state index is -4.43. The predicted molar refractivity (Wildman–Crippen MR) is 104 cm³/mol. The number of amides is 1. The summed E-state index contributed by atoms with van der Waals surface area (Å²) in [5.74, 6) is 1.37. The van der Waals surface area contributed by atoms with Crippen LogP contribution in [0.4, 0.5) is 13.2 Å². The van der Waals surface area contributed by atoms with Gasteiger partial charge in [-0.05, 0) is 19.3 Å². The summed E-state index contributed by atoms with van der Waals surface area (Å²) in [7, 11) is 0. The summed E-state index contributed by atoms with van der Waals surface area (Å²) in [4.78, 5) is 27.6. The highest BCUT2D eigenvalue weighted by molar-refractivity contribution is 6.30. The minimum Gasteiger partial charge on any atom is -0.349 e. The fourth-order valence-corrected chi connectivity index (χ4v) is 4.14. The van der Waals surface area contributed by atoms with Gasteiger partial charge in [0.25, 0.3) is 0 Å². The second-order valence-electron chi connectivity index (χ2n) is 7.26. The van der Waals surface area contributed by atoms with Crippen molar-refractivity contribution in [1.29, 1.82) is 0 Å². The number of nitrogens with one attached hydrogen (secondary N) is 2. The number of alkyl halides is 3. The number of nitrogens with zero attached hydrogens (tertiary/aromatic N) is 4.